The smallest absolute Gasteiger partial charge is 0.257 e. The number of amides is 2. The number of benzene rings is 5. The zero-order valence-corrected chi connectivity index (χ0v) is 24.2. The summed E-state index contributed by atoms with van der Waals surface area (Å²) < 4.78 is 0. The van der Waals surface area contributed by atoms with Crippen LogP contribution in [-0.2, 0) is 9.59 Å². The standard InChI is InChI=1S/C38H30N4O2/c1-26-22-24-27(25-23-26)32(33-35(28-14-6-2-7-15-28)39-41(37(33)43)30-18-10-4-11-19-30)34-36(29-16-8-3-9-17-29)40-42(38(34)44)31-20-12-5-13-21-31/h2-25,32-34H,1H3/t33-,34-/m0/s1. The van der Waals surface area contributed by atoms with Gasteiger partial charge in [0, 0.05) is 5.92 Å². The van der Waals surface area contributed by atoms with Crippen LogP contribution in [0.2, 0.25) is 0 Å². The molecular weight excluding hydrogens is 544 g/mol. The molecule has 44 heavy (non-hydrogen) atoms. The zero-order valence-electron chi connectivity index (χ0n) is 24.2. The number of rotatable bonds is 7. The average molecular weight is 575 g/mol. The van der Waals surface area contributed by atoms with E-state index in [9.17, 15) is 9.59 Å². The van der Waals surface area contributed by atoms with E-state index in [1.807, 2.05) is 153 Å². The molecule has 214 valence electrons. The highest BCUT2D eigenvalue weighted by Crippen LogP contribution is 2.44. The number of hydrazone groups is 2. The number of hydrogen-bond acceptors (Lipinski definition) is 4. The van der Waals surface area contributed by atoms with E-state index in [2.05, 4.69) is 0 Å². The fraction of sp³-hybridized carbons (Fsp3) is 0.105. The maximum Gasteiger partial charge on any atom is 0.257 e. The van der Waals surface area contributed by atoms with Crippen LogP contribution in [0.1, 0.15) is 28.2 Å². The molecule has 7 rings (SSSR count). The number of nitrogens with zero attached hydrogens (tertiary/aromatic N) is 4. The van der Waals surface area contributed by atoms with Crippen LogP contribution in [0.15, 0.2) is 156 Å². The number of carbonyl (C=O) groups excluding carboxylic acids is 2. The molecule has 0 aliphatic carbocycles. The molecule has 0 N–H and O–H groups in total. The highest BCUT2D eigenvalue weighted by molar-refractivity contribution is 6.26. The van der Waals surface area contributed by atoms with Crippen LogP contribution in [0.4, 0.5) is 11.4 Å². The van der Waals surface area contributed by atoms with E-state index in [-0.39, 0.29) is 11.8 Å². The summed E-state index contributed by atoms with van der Waals surface area (Å²) in [6, 6.07) is 46.6. The highest BCUT2D eigenvalue weighted by atomic mass is 16.2. The van der Waals surface area contributed by atoms with Crippen molar-refractivity contribution in [3.63, 3.8) is 0 Å². The zero-order chi connectivity index (χ0) is 30.0. The number of hydrogen-bond donors (Lipinski definition) is 0. The fourth-order valence-corrected chi connectivity index (χ4v) is 6.15. The molecule has 2 aliphatic rings. The van der Waals surface area contributed by atoms with Crippen molar-refractivity contribution in [1.82, 2.24) is 0 Å². The van der Waals surface area contributed by atoms with Crippen LogP contribution in [0.5, 0.6) is 0 Å². The van der Waals surface area contributed by atoms with Gasteiger partial charge in [0.15, 0.2) is 0 Å². The number of anilines is 2. The molecule has 0 bridgehead atoms. The van der Waals surface area contributed by atoms with E-state index in [4.69, 9.17) is 10.2 Å². The summed E-state index contributed by atoms with van der Waals surface area (Å²) in [4.78, 5) is 29.4. The third-order valence-corrected chi connectivity index (χ3v) is 8.28. The van der Waals surface area contributed by atoms with Crippen molar-refractivity contribution in [2.75, 3.05) is 10.0 Å². The Hall–Kier alpha value is -5.62. The average Bonchev–Trinajstić information content (AvgIpc) is 3.61. The first kappa shape index (κ1) is 27.2. The summed E-state index contributed by atoms with van der Waals surface area (Å²) in [6.45, 7) is 2.03. The highest BCUT2D eigenvalue weighted by Gasteiger charge is 2.52. The van der Waals surface area contributed by atoms with Gasteiger partial charge < -0.3 is 0 Å². The van der Waals surface area contributed by atoms with Crippen molar-refractivity contribution in [2.45, 2.75) is 12.8 Å². The summed E-state index contributed by atoms with van der Waals surface area (Å²) in [7, 11) is 0. The topological polar surface area (TPSA) is 65.3 Å². The molecule has 2 atom stereocenters. The Kier molecular flexibility index (Phi) is 7.16. The number of carbonyl (C=O) groups is 2. The van der Waals surface area contributed by atoms with Crippen molar-refractivity contribution in [3.8, 4) is 0 Å². The van der Waals surface area contributed by atoms with Gasteiger partial charge in [-0.05, 0) is 47.9 Å². The van der Waals surface area contributed by atoms with Gasteiger partial charge in [0.1, 0.15) is 0 Å². The first-order valence-electron chi connectivity index (χ1n) is 14.7. The van der Waals surface area contributed by atoms with Gasteiger partial charge in [0.2, 0.25) is 0 Å². The molecule has 6 nitrogen and oxygen atoms in total. The lowest BCUT2D eigenvalue weighted by Gasteiger charge is -2.30. The van der Waals surface area contributed by atoms with E-state index >= 15 is 0 Å². The molecule has 0 radical (unpaired) electrons. The molecule has 6 heteroatoms. The molecule has 2 heterocycles. The molecule has 2 amide bonds. The number of aryl methyl sites for hydroxylation is 1. The Labute approximate surface area is 256 Å². The summed E-state index contributed by atoms with van der Waals surface area (Å²) in [5, 5.41) is 12.9. The predicted octanol–water partition coefficient (Wildman–Crippen LogP) is 7.21. The fourth-order valence-electron chi connectivity index (χ4n) is 6.15. The van der Waals surface area contributed by atoms with Gasteiger partial charge in [0.25, 0.3) is 11.8 Å². The van der Waals surface area contributed by atoms with Crippen molar-refractivity contribution >= 4 is 34.6 Å². The van der Waals surface area contributed by atoms with Crippen LogP contribution in [-0.4, -0.2) is 23.2 Å². The first-order chi connectivity index (χ1) is 21.6. The maximum absolute atomic E-state index is 14.7. The minimum absolute atomic E-state index is 0.181. The van der Waals surface area contributed by atoms with Gasteiger partial charge in [-0.15, -0.1) is 0 Å². The lowest BCUT2D eigenvalue weighted by atomic mass is 9.70. The molecule has 0 aromatic heterocycles. The van der Waals surface area contributed by atoms with Crippen LogP contribution in [0, 0.1) is 18.8 Å². The molecule has 0 spiro atoms. The molecule has 5 aromatic carbocycles. The SMILES string of the molecule is Cc1ccc(C([C@@H]2C(=O)N(c3ccccc3)N=C2c2ccccc2)[C@@H]2C(=O)N(c3ccccc3)N=C2c2ccccc2)cc1. The van der Waals surface area contributed by atoms with E-state index in [1.165, 1.54) is 10.0 Å². The van der Waals surface area contributed by atoms with Crippen molar-refractivity contribution in [1.29, 1.82) is 0 Å². The predicted molar refractivity (Wildman–Crippen MR) is 175 cm³/mol. The van der Waals surface area contributed by atoms with Crippen molar-refractivity contribution < 1.29 is 9.59 Å². The molecule has 0 saturated carbocycles. The lowest BCUT2D eigenvalue weighted by molar-refractivity contribution is -0.122. The molecule has 5 aromatic rings. The van der Waals surface area contributed by atoms with Crippen molar-refractivity contribution in [3.05, 3.63) is 168 Å². The monoisotopic (exact) mass is 574 g/mol. The largest absolute Gasteiger partial charge is 0.272 e. The molecule has 2 aliphatic heterocycles. The second kappa shape index (κ2) is 11.6. The summed E-state index contributed by atoms with van der Waals surface area (Å²) in [5.41, 5.74) is 6.26. The Morgan fingerprint density at radius 2 is 0.864 bits per heavy atom. The van der Waals surface area contributed by atoms with Gasteiger partial charge in [-0.3, -0.25) is 9.59 Å². The normalized spacial score (nSPS) is 18.1. The summed E-state index contributed by atoms with van der Waals surface area (Å²) >= 11 is 0. The Morgan fingerprint density at radius 3 is 1.25 bits per heavy atom. The Morgan fingerprint density at radius 1 is 0.500 bits per heavy atom. The molecular formula is C38H30N4O2. The summed E-state index contributed by atoms with van der Waals surface area (Å²) in [5.74, 6) is -2.45. The minimum Gasteiger partial charge on any atom is -0.272 e. The van der Waals surface area contributed by atoms with Crippen LogP contribution in [0.3, 0.4) is 0 Å². The minimum atomic E-state index is -0.751. The van der Waals surface area contributed by atoms with Gasteiger partial charge in [0.05, 0.1) is 34.6 Å². The van der Waals surface area contributed by atoms with Gasteiger partial charge in [-0.1, -0.05) is 127 Å². The van der Waals surface area contributed by atoms with E-state index < -0.39 is 17.8 Å². The quantitative estimate of drug-likeness (QED) is 0.206. The van der Waals surface area contributed by atoms with Gasteiger partial charge in [-0.2, -0.15) is 20.2 Å². The van der Waals surface area contributed by atoms with E-state index in [0.717, 1.165) is 22.3 Å². The van der Waals surface area contributed by atoms with Gasteiger partial charge in [-0.25, -0.2) is 0 Å². The lowest BCUT2D eigenvalue weighted by Crippen LogP contribution is -2.41. The first-order valence-corrected chi connectivity index (χ1v) is 14.7. The van der Waals surface area contributed by atoms with Crippen LogP contribution in [0.25, 0.3) is 0 Å². The second-order valence-corrected chi connectivity index (χ2v) is 11.1. The third-order valence-electron chi connectivity index (χ3n) is 8.28. The Bertz CT molecular complexity index is 1740. The van der Waals surface area contributed by atoms with E-state index in [0.29, 0.717) is 22.8 Å². The van der Waals surface area contributed by atoms with Crippen LogP contribution >= 0.6 is 0 Å². The Balaban J connectivity index is 1.44. The molecule has 0 fully saturated rings. The molecule has 0 unspecified atom stereocenters. The van der Waals surface area contributed by atoms with E-state index in [1.54, 1.807) is 0 Å². The van der Waals surface area contributed by atoms with Crippen LogP contribution < -0.4 is 10.0 Å². The second-order valence-electron chi connectivity index (χ2n) is 11.1. The van der Waals surface area contributed by atoms with Gasteiger partial charge >= 0.3 is 0 Å². The third kappa shape index (κ3) is 4.90. The number of para-hydroxylation sites is 2. The van der Waals surface area contributed by atoms with Crippen molar-refractivity contribution in [2.24, 2.45) is 22.0 Å². The maximum atomic E-state index is 14.7. The molecule has 0 saturated heterocycles. The summed E-state index contributed by atoms with van der Waals surface area (Å²) in [6.07, 6.45) is 0.